The van der Waals surface area contributed by atoms with E-state index in [-0.39, 0.29) is 5.82 Å². The van der Waals surface area contributed by atoms with Gasteiger partial charge in [-0.15, -0.1) is 0 Å². The van der Waals surface area contributed by atoms with Gasteiger partial charge in [-0.05, 0) is 79.6 Å². The molecule has 2 heterocycles. The molecule has 1 aliphatic heterocycles. The molecule has 0 amide bonds. The maximum atomic E-state index is 14.3. The van der Waals surface area contributed by atoms with E-state index in [2.05, 4.69) is 44.6 Å². The SMILES string of the molecule is COc1ncccc1Nc1cc2c(cc1N(C)C1CC1)N(c1ccc(Cl)cc1)c1ccc(F)cc1N2. The lowest BCUT2D eigenvalue weighted by Gasteiger charge is -2.36. The lowest BCUT2D eigenvalue weighted by atomic mass is 10.1. The van der Waals surface area contributed by atoms with Crippen LogP contribution in [0.4, 0.5) is 49.9 Å². The molecule has 182 valence electrons. The topological polar surface area (TPSA) is 52.7 Å². The van der Waals surface area contributed by atoms with Crippen molar-refractivity contribution in [2.45, 2.75) is 18.9 Å². The molecule has 8 heteroatoms. The van der Waals surface area contributed by atoms with Crippen molar-refractivity contribution in [1.82, 2.24) is 4.98 Å². The van der Waals surface area contributed by atoms with Crippen LogP contribution in [0.5, 0.6) is 5.88 Å². The molecule has 0 radical (unpaired) electrons. The van der Waals surface area contributed by atoms with Crippen LogP contribution in [0.3, 0.4) is 0 Å². The van der Waals surface area contributed by atoms with Crippen molar-refractivity contribution in [3.05, 3.63) is 83.8 Å². The van der Waals surface area contributed by atoms with Gasteiger partial charge >= 0.3 is 0 Å². The minimum Gasteiger partial charge on any atom is -0.480 e. The summed E-state index contributed by atoms with van der Waals surface area (Å²) in [5.41, 5.74) is 7.01. The highest BCUT2D eigenvalue weighted by Crippen LogP contribution is 2.52. The van der Waals surface area contributed by atoms with Crippen LogP contribution in [-0.4, -0.2) is 25.2 Å². The number of aromatic nitrogens is 1. The van der Waals surface area contributed by atoms with Crippen LogP contribution in [0.25, 0.3) is 0 Å². The molecule has 6 nitrogen and oxygen atoms in total. The predicted molar refractivity (Wildman–Crippen MR) is 145 cm³/mol. The smallest absolute Gasteiger partial charge is 0.237 e. The molecule has 2 aliphatic rings. The Balaban J connectivity index is 1.53. The zero-order chi connectivity index (χ0) is 24.8. The molecule has 1 aromatic heterocycles. The van der Waals surface area contributed by atoms with Gasteiger partial charge in [-0.25, -0.2) is 9.37 Å². The quantitative estimate of drug-likeness (QED) is 0.248. The fourth-order valence-corrected chi connectivity index (χ4v) is 4.78. The standard InChI is InChI=1S/C28H25ClFN5O/c1-34(19-10-11-19)26-16-27-24(15-23(26)32-21-4-3-13-31-28(21)36-2)33-22-14-18(30)7-12-25(22)35(27)20-8-5-17(29)6-9-20/h3-9,12-16,19,32-33H,10-11H2,1-2H3. The summed E-state index contributed by atoms with van der Waals surface area (Å²) in [6, 6.07) is 21.0. The maximum absolute atomic E-state index is 14.3. The van der Waals surface area contributed by atoms with Crippen molar-refractivity contribution >= 4 is 57.1 Å². The van der Waals surface area contributed by atoms with Gasteiger partial charge < -0.3 is 25.2 Å². The highest BCUT2D eigenvalue weighted by Gasteiger charge is 2.31. The van der Waals surface area contributed by atoms with E-state index in [1.807, 2.05) is 36.4 Å². The third kappa shape index (κ3) is 4.05. The van der Waals surface area contributed by atoms with E-state index in [9.17, 15) is 4.39 Å². The lowest BCUT2D eigenvalue weighted by Crippen LogP contribution is -2.23. The number of ether oxygens (including phenoxy) is 1. The van der Waals surface area contributed by atoms with E-state index in [1.54, 1.807) is 19.4 Å². The summed E-state index contributed by atoms with van der Waals surface area (Å²) in [4.78, 5) is 8.77. The van der Waals surface area contributed by atoms with E-state index in [0.717, 1.165) is 52.7 Å². The van der Waals surface area contributed by atoms with E-state index < -0.39 is 0 Å². The number of fused-ring (bicyclic) bond motifs is 2. The summed E-state index contributed by atoms with van der Waals surface area (Å²) in [5, 5.41) is 7.63. The van der Waals surface area contributed by atoms with Crippen LogP contribution >= 0.6 is 11.6 Å². The fraction of sp³-hybridized carbons (Fsp3) is 0.179. The van der Waals surface area contributed by atoms with Gasteiger partial charge in [0.25, 0.3) is 0 Å². The molecule has 4 aromatic rings. The summed E-state index contributed by atoms with van der Waals surface area (Å²) in [5.74, 6) is 0.211. The summed E-state index contributed by atoms with van der Waals surface area (Å²) < 4.78 is 19.7. The van der Waals surface area contributed by atoms with Crippen molar-refractivity contribution in [3.8, 4) is 5.88 Å². The number of hydrogen-bond donors (Lipinski definition) is 2. The molecular weight excluding hydrogens is 477 g/mol. The van der Waals surface area contributed by atoms with Gasteiger partial charge in [0.2, 0.25) is 5.88 Å². The van der Waals surface area contributed by atoms with Gasteiger partial charge in [0.1, 0.15) is 11.5 Å². The summed E-state index contributed by atoms with van der Waals surface area (Å²) in [6.07, 6.45) is 4.01. The number of halogens is 2. The molecule has 6 rings (SSSR count). The Labute approximate surface area is 214 Å². The first-order valence-electron chi connectivity index (χ1n) is 11.8. The normalized spacial score (nSPS) is 13.9. The van der Waals surface area contributed by atoms with E-state index in [0.29, 0.717) is 22.6 Å². The second kappa shape index (κ2) is 8.91. The van der Waals surface area contributed by atoms with Crippen molar-refractivity contribution in [3.63, 3.8) is 0 Å². The Morgan fingerprint density at radius 2 is 1.81 bits per heavy atom. The van der Waals surface area contributed by atoms with E-state index in [1.165, 1.54) is 12.1 Å². The zero-order valence-corrected chi connectivity index (χ0v) is 20.7. The Bertz CT molecular complexity index is 1440. The molecule has 0 saturated heterocycles. The molecule has 1 fully saturated rings. The monoisotopic (exact) mass is 501 g/mol. The highest BCUT2D eigenvalue weighted by atomic mass is 35.5. The molecule has 36 heavy (non-hydrogen) atoms. The summed E-state index contributed by atoms with van der Waals surface area (Å²) >= 11 is 6.19. The average Bonchev–Trinajstić information content (AvgIpc) is 3.73. The van der Waals surface area contributed by atoms with Crippen molar-refractivity contribution < 1.29 is 9.13 Å². The van der Waals surface area contributed by atoms with Crippen molar-refractivity contribution in [1.29, 1.82) is 0 Å². The highest BCUT2D eigenvalue weighted by molar-refractivity contribution is 6.30. The Hall–Kier alpha value is -3.97. The van der Waals surface area contributed by atoms with E-state index >= 15 is 0 Å². The fourth-order valence-electron chi connectivity index (χ4n) is 4.65. The molecule has 1 aliphatic carbocycles. The molecule has 1 saturated carbocycles. The van der Waals surface area contributed by atoms with Crippen LogP contribution in [0.2, 0.25) is 5.02 Å². The number of pyridine rings is 1. The maximum Gasteiger partial charge on any atom is 0.237 e. The van der Waals surface area contributed by atoms with Crippen LogP contribution < -0.4 is 25.2 Å². The molecular formula is C28H25ClFN5O. The van der Waals surface area contributed by atoms with Gasteiger partial charge in [0.15, 0.2) is 0 Å². The first-order valence-corrected chi connectivity index (χ1v) is 12.2. The zero-order valence-electron chi connectivity index (χ0n) is 19.9. The van der Waals surface area contributed by atoms with Crippen molar-refractivity contribution in [2.24, 2.45) is 0 Å². The minimum absolute atomic E-state index is 0.302. The molecule has 3 aromatic carbocycles. The first-order chi connectivity index (χ1) is 17.5. The van der Waals surface area contributed by atoms with Gasteiger partial charge in [-0.1, -0.05) is 11.6 Å². The Kier molecular flexibility index (Phi) is 5.57. The van der Waals surface area contributed by atoms with Crippen LogP contribution in [0.15, 0.2) is 72.9 Å². The predicted octanol–water partition coefficient (Wildman–Crippen LogP) is 7.75. The number of benzene rings is 3. The number of hydrogen-bond acceptors (Lipinski definition) is 6. The Morgan fingerprint density at radius 3 is 2.56 bits per heavy atom. The average molecular weight is 502 g/mol. The number of anilines is 8. The van der Waals surface area contributed by atoms with Crippen LogP contribution in [-0.2, 0) is 0 Å². The third-order valence-electron chi connectivity index (χ3n) is 6.62. The van der Waals surface area contributed by atoms with Gasteiger partial charge in [-0.3, -0.25) is 0 Å². The second-order valence-electron chi connectivity index (χ2n) is 9.01. The van der Waals surface area contributed by atoms with Gasteiger partial charge in [-0.2, -0.15) is 0 Å². The lowest BCUT2D eigenvalue weighted by molar-refractivity contribution is 0.400. The molecule has 0 bridgehead atoms. The number of rotatable bonds is 6. The van der Waals surface area contributed by atoms with Crippen LogP contribution in [0, 0.1) is 5.82 Å². The third-order valence-corrected chi connectivity index (χ3v) is 6.87. The van der Waals surface area contributed by atoms with Gasteiger partial charge in [0.05, 0.1) is 41.2 Å². The van der Waals surface area contributed by atoms with Crippen molar-refractivity contribution in [2.75, 3.05) is 34.6 Å². The minimum atomic E-state index is -0.302. The second-order valence-corrected chi connectivity index (χ2v) is 9.45. The molecule has 0 unspecified atom stereocenters. The van der Waals surface area contributed by atoms with Gasteiger partial charge in [0, 0.05) is 30.0 Å². The van der Waals surface area contributed by atoms with Crippen LogP contribution in [0.1, 0.15) is 12.8 Å². The number of nitrogens with zero attached hydrogens (tertiary/aromatic N) is 3. The number of methoxy groups -OCH3 is 1. The van der Waals surface area contributed by atoms with E-state index in [4.69, 9.17) is 16.3 Å². The number of nitrogens with one attached hydrogen (secondary N) is 2. The Morgan fingerprint density at radius 1 is 1.03 bits per heavy atom. The first kappa shape index (κ1) is 22.5. The molecule has 0 spiro atoms. The summed E-state index contributed by atoms with van der Waals surface area (Å²) in [7, 11) is 3.73. The largest absolute Gasteiger partial charge is 0.480 e. The summed E-state index contributed by atoms with van der Waals surface area (Å²) in [6.45, 7) is 0. The molecule has 0 atom stereocenters. The molecule has 2 N–H and O–H groups in total.